The molecule has 5 heterocycles. The SMILES string of the molecule is C#C/C=C\C(CC(=O)N1CCN(c2ccc(-c3cc(-c4cnn(C)c4)cn4ncc(C#N)c34)cn2)CC1)=NC. The van der Waals surface area contributed by atoms with Gasteiger partial charge in [0.15, 0.2) is 0 Å². The fourth-order valence-corrected chi connectivity index (χ4v) is 4.69. The number of carbonyl (C=O) groups excluding carboxylic acids is 1. The van der Waals surface area contributed by atoms with E-state index in [-0.39, 0.29) is 12.3 Å². The summed E-state index contributed by atoms with van der Waals surface area (Å²) < 4.78 is 3.48. The lowest BCUT2D eigenvalue weighted by atomic mass is 10.0. The molecule has 1 fully saturated rings. The van der Waals surface area contributed by atoms with Crippen molar-refractivity contribution in [2.24, 2.45) is 12.0 Å². The summed E-state index contributed by atoms with van der Waals surface area (Å²) >= 11 is 0. The van der Waals surface area contributed by atoms with Crippen LogP contribution in [0, 0.1) is 23.7 Å². The number of carbonyl (C=O) groups is 1. The van der Waals surface area contributed by atoms with Gasteiger partial charge in [0.1, 0.15) is 11.9 Å². The van der Waals surface area contributed by atoms with Crippen LogP contribution in [0.4, 0.5) is 5.82 Å². The van der Waals surface area contributed by atoms with Crippen LogP contribution in [0.2, 0.25) is 0 Å². The molecule has 5 rings (SSSR count). The van der Waals surface area contributed by atoms with Crippen molar-refractivity contribution in [2.75, 3.05) is 38.1 Å². The van der Waals surface area contributed by atoms with E-state index in [4.69, 9.17) is 11.4 Å². The van der Waals surface area contributed by atoms with Gasteiger partial charge in [-0.05, 0) is 30.4 Å². The summed E-state index contributed by atoms with van der Waals surface area (Å²) in [6.45, 7) is 2.57. The predicted molar refractivity (Wildman–Crippen MR) is 150 cm³/mol. The maximum Gasteiger partial charge on any atom is 0.228 e. The average molecular weight is 518 g/mol. The number of piperazine rings is 1. The summed E-state index contributed by atoms with van der Waals surface area (Å²) in [6, 6.07) is 8.28. The molecule has 10 nitrogen and oxygen atoms in total. The Hall–Kier alpha value is -5.22. The molecule has 4 aromatic heterocycles. The van der Waals surface area contributed by atoms with Crippen molar-refractivity contribution in [1.82, 2.24) is 29.3 Å². The van der Waals surface area contributed by atoms with E-state index in [2.05, 4.69) is 32.1 Å². The number of amides is 1. The normalized spacial score (nSPS) is 14.1. The van der Waals surface area contributed by atoms with Crippen LogP contribution < -0.4 is 4.90 Å². The monoisotopic (exact) mass is 517 g/mol. The van der Waals surface area contributed by atoms with E-state index in [1.54, 1.807) is 40.8 Å². The van der Waals surface area contributed by atoms with E-state index in [0.29, 0.717) is 37.5 Å². The molecule has 0 N–H and O–H groups in total. The van der Waals surface area contributed by atoms with E-state index in [1.165, 1.54) is 0 Å². The summed E-state index contributed by atoms with van der Waals surface area (Å²) in [5.41, 5.74) is 5.54. The standard InChI is InChI=1S/C29H27N9O/c1-4-5-6-25(31-2)14-28(39)37-11-9-36(10-12-37)27-8-7-21(16-32-27)26-13-22(24-18-33-35(3)19-24)20-38-29(26)23(15-30)17-34-38/h1,5-8,13,16-20H,9-12,14H2,2-3H3/b6-5-,31-25?. The van der Waals surface area contributed by atoms with Crippen molar-refractivity contribution in [3.63, 3.8) is 0 Å². The number of aromatic nitrogens is 5. The van der Waals surface area contributed by atoms with Crippen molar-refractivity contribution in [3.05, 3.63) is 66.9 Å². The quantitative estimate of drug-likeness (QED) is 0.288. The van der Waals surface area contributed by atoms with E-state index in [0.717, 1.165) is 33.6 Å². The van der Waals surface area contributed by atoms with Gasteiger partial charge in [0.2, 0.25) is 5.91 Å². The van der Waals surface area contributed by atoms with Crippen LogP contribution in [-0.2, 0) is 11.8 Å². The molecule has 1 amide bonds. The first-order valence-corrected chi connectivity index (χ1v) is 12.5. The number of pyridine rings is 2. The molecule has 4 aromatic rings. The van der Waals surface area contributed by atoms with Crippen molar-refractivity contribution < 1.29 is 4.79 Å². The van der Waals surface area contributed by atoms with Crippen LogP contribution in [0.25, 0.3) is 27.8 Å². The third kappa shape index (κ3) is 5.27. The Kier molecular flexibility index (Phi) is 7.19. The van der Waals surface area contributed by atoms with Gasteiger partial charge in [-0.25, -0.2) is 9.50 Å². The van der Waals surface area contributed by atoms with Gasteiger partial charge in [-0.15, -0.1) is 6.42 Å². The molecular weight excluding hydrogens is 490 g/mol. The van der Waals surface area contributed by atoms with Crippen molar-refractivity contribution in [3.8, 4) is 40.7 Å². The molecule has 0 aromatic carbocycles. The van der Waals surface area contributed by atoms with Crippen LogP contribution in [0.3, 0.4) is 0 Å². The smallest absolute Gasteiger partial charge is 0.228 e. The van der Waals surface area contributed by atoms with E-state index in [1.807, 2.05) is 48.7 Å². The molecule has 0 saturated carbocycles. The second kappa shape index (κ2) is 11.0. The molecule has 0 spiro atoms. The minimum atomic E-state index is 0.0341. The number of aryl methyl sites for hydroxylation is 1. The highest BCUT2D eigenvalue weighted by molar-refractivity contribution is 6.07. The van der Waals surface area contributed by atoms with Gasteiger partial charge >= 0.3 is 0 Å². The highest BCUT2D eigenvalue weighted by atomic mass is 16.2. The second-order valence-electron chi connectivity index (χ2n) is 9.17. The number of hydrogen-bond acceptors (Lipinski definition) is 7. The fraction of sp³-hybridized carbons (Fsp3) is 0.241. The second-order valence-corrected chi connectivity index (χ2v) is 9.17. The highest BCUT2D eigenvalue weighted by Gasteiger charge is 2.23. The highest BCUT2D eigenvalue weighted by Crippen LogP contribution is 2.32. The van der Waals surface area contributed by atoms with E-state index in [9.17, 15) is 10.1 Å². The first-order chi connectivity index (χ1) is 19.0. The third-order valence-electron chi connectivity index (χ3n) is 6.78. The van der Waals surface area contributed by atoms with Crippen molar-refractivity contribution in [2.45, 2.75) is 6.42 Å². The summed E-state index contributed by atoms with van der Waals surface area (Å²) in [7, 11) is 3.53. The zero-order valence-corrected chi connectivity index (χ0v) is 21.8. The minimum absolute atomic E-state index is 0.0341. The minimum Gasteiger partial charge on any atom is -0.353 e. The Bertz CT molecular complexity index is 1650. The Morgan fingerprint density at radius 1 is 1.10 bits per heavy atom. The molecule has 1 aliphatic rings. The van der Waals surface area contributed by atoms with Gasteiger partial charge in [-0.3, -0.25) is 14.5 Å². The Morgan fingerprint density at radius 2 is 1.92 bits per heavy atom. The molecule has 0 atom stereocenters. The maximum absolute atomic E-state index is 12.7. The molecule has 194 valence electrons. The van der Waals surface area contributed by atoms with E-state index >= 15 is 0 Å². The van der Waals surface area contributed by atoms with Gasteiger partial charge in [0, 0.05) is 86.8 Å². The lowest BCUT2D eigenvalue weighted by Crippen LogP contribution is -2.49. The van der Waals surface area contributed by atoms with Gasteiger partial charge in [-0.1, -0.05) is 5.92 Å². The van der Waals surface area contributed by atoms with Crippen LogP contribution in [0.1, 0.15) is 12.0 Å². The molecule has 0 aliphatic carbocycles. The van der Waals surface area contributed by atoms with Gasteiger partial charge in [-0.2, -0.15) is 15.5 Å². The number of aliphatic imine (C=N–C) groups is 1. The molecule has 0 radical (unpaired) electrons. The molecule has 10 heteroatoms. The maximum atomic E-state index is 12.7. The van der Waals surface area contributed by atoms with Gasteiger partial charge in [0.25, 0.3) is 0 Å². The Morgan fingerprint density at radius 3 is 2.56 bits per heavy atom. The third-order valence-corrected chi connectivity index (χ3v) is 6.78. The van der Waals surface area contributed by atoms with Crippen LogP contribution in [-0.4, -0.2) is 74.1 Å². The number of terminal acetylenes is 1. The van der Waals surface area contributed by atoms with Gasteiger partial charge < -0.3 is 9.80 Å². The zero-order chi connectivity index (χ0) is 27.4. The van der Waals surface area contributed by atoms with E-state index < -0.39 is 0 Å². The predicted octanol–water partition coefficient (Wildman–Crippen LogP) is 2.97. The summed E-state index contributed by atoms with van der Waals surface area (Å²) in [5, 5.41) is 18.4. The van der Waals surface area contributed by atoms with Crippen LogP contribution in [0.15, 0.2) is 66.3 Å². The summed E-state index contributed by atoms with van der Waals surface area (Å²) in [6.07, 6.45) is 17.8. The first kappa shape index (κ1) is 25.4. The molecule has 0 unspecified atom stereocenters. The van der Waals surface area contributed by atoms with Crippen LogP contribution >= 0.6 is 0 Å². The van der Waals surface area contributed by atoms with Crippen molar-refractivity contribution in [1.29, 1.82) is 5.26 Å². The van der Waals surface area contributed by atoms with Crippen LogP contribution in [0.5, 0.6) is 0 Å². The number of anilines is 1. The number of rotatable bonds is 6. The number of allylic oxidation sites excluding steroid dienone is 2. The van der Waals surface area contributed by atoms with Gasteiger partial charge in [0.05, 0.1) is 29.9 Å². The number of nitrogens with zero attached hydrogens (tertiary/aromatic N) is 9. The summed E-state index contributed by atoms with van der Waals surface area (Å²) in [5.74, 6) is 3.30. The largest absolute Gasteiger partial charge is 0.353 e. The molecule has 0 bridgehead atoms. The number of hydrogen-bond donors (Lipinski definition) is 0. The lowest BCUT2D eigenvalue weighted by molar-refractivity contribution is -0.130. The molecular formula is C29H27N9O. The first-order valence-electron chi connectivity index (χ1n) is 12.5. The number of fused-ring (bicyclic) bond motifs is 1. The molecule has 1 aliphatic heterocycles. The molecule has 1 saturated heterocycles. The van der Waals surface area contributed by atoms with Crippen molar-refractivity contribution >= 4 is 23.0 Å². The zero-order valence-electron chi connectivity index (χ0n) is 21.8. The summed E-state index contributed by atoms with van der Waals surface area (Å²) in [4.78, 5) is 25.6. The Labute approximate surface area is 226 Å². The topological polar surface area (TPSA) is 108 Å². The molecule has 39 heavy (non-hydrogen) atoms. The lowest BCUT2D eigenvalue weighted by Gasteiger charge is -2.35. The number of nitriles is 1. The Balaban J connectivity index is 1.34. The fourth-order valence-electron chi connectivity index (χ4n) is 4.69. The average Bonchev–Trinajstić information content (AvgIpc) is 3.60.